The molecular weight excluding hydrogens is 180 g/mol. The van der Waals surface area contributed by atoms with Gasteiger partial charge in [0.25, 0.3) is 0 Å². The van der Waals surface area contributed by atoms with Gasteiger partial charge in [0, 0.05) is 5.56 Å². The van der Waals surface area contributed by atoms with Crippen molar-refractivity contribution in [1.82, 2.24) is 0 Å². The fourth-order valence-electron chi connectivity index (χ4n) is 1.33. The van der Waals surface area contributed by atoms with Gasteiger partial charge in [-0.2, -0.15) is 4.89 Å². The predicted octanol–water partition coefficient (Wildman–Crippen LogP) is 2.69. The van der Waals surface area contributed by atoms with Crippen LogP contribution in [0.1, 0.15) is 25.3 Å². The third kappa shape index (κ3) is 1.99. The van der Waals surface area contributed by atoms with Crippen LogP contribution in [-0.4, -0.2) is 6.61 Å². The van der Waals surface area contributed by atoms with Crippen LogP contribution in [0.4, 0.5) is 0 Å². The molecule has 0 N–H and O–H groups in total. The van der Waals surface area contributed by atoms with E-state index in [0.29, 0.717) is 6.61 Å². The van der Waals surface area contributed by atoms with Crippen LogP contribution < -0.4 is 9.62 Å². The van der Waals surface area contributed by atoms with E-state index in [-0.39, 0.29) is 0 Å². The molecule has 1 aromatic rings. The van der Waals surface area contributed by atoms with E-state index < -0.39 is 0 Å². The number of hydrogen-bond donors (Lipinski definition) is 0. The zero-order valence-electron chi connectivity index (χ0n) is 8.29. The van der Waals surface area contributed by atoms with Crippen molar-refractivity contribution in [2.45, 2.75) is 26.4 Å². The van der Waals surface area contributed by atoms with Crippen LogP contribution in [0, 0.1) is 0 Å². The lowest BCUT2D eigenvalue weighted by Crippen LogP contribution is -1.96. The molecule has 76 valence electrons. The monoisotopic (exact) mass is 194 g/mol. The number of ether oxygens (including phenoxy) is 1. The van der Waals surface area contributed by atoms with Gasteiger partial charge in [-0.1, -0.05) is 13.3 Å². The van der Waals surface area contributed by atoms with Crippen molar-refractivity contribution in [3.05, 3.63) is 23.8 Å². The Labute approximate surface area is 83.5 Å². The lowest BCUT2D eigenvalue weighted by atomic mass is 10.2. The van der Waals surface area contributed by atoms with Gasteiger partial charge in [0.1, 0.15) is 12.4 Å². The number of unbranched alkanes of at least 4 members (excludes halogenated alkanes) is 1. The van der Waals surface area contributed by atoms with Crippen molar-refractivity contribution in [3.63, 3.8) is 0 Å². The zero-order valence-corrected chi connectivity index (χ0v) is 8.29. The molecule has 14 heavy (non-hydrogen) atoms. The van der Waals surface area contributed by atoms with Gasteiger partial charge in [0.2, 0.25) is 0 Å². The Hall–Kier alpha value is -1.22. The Morgan fingerprint density at radius 1 is 1.43 bits per heavy atom. The maximum absolute atomic E-state index is 5.56. The van der Waals surface area contributed by atoms with Crippen LogP contribution in [0.3, 0.4) is 0 Å². The van der Waals surface area contributed by atoms with E-state index in [1.54, 1.807) is 0 Å². The van der Waals surface area contributed by atoms with Gasteiger partial charge in [0.05, 0.1) is 6.61 Å². The maximum atomic E-state index is 5.56. The molecule has 0 aromatic heterocycles. The van der Waals surface area contributed by atoms with Crippen molar-refractivity contribution < 1.29 is 14.5 Å². The second kappa shape index (κ2) is 4.33. The van der Waals surface area contributed by atoms with Crippen LogP contribution in [0.25, 0.3) is 0 Å². The molecule has 2 rings (SSSR count). The normalized spacial score (nSPS) is 13.5. The highest BCUT2D eigenvalue weighted by atomic mass is 17.2. The summed E-state index contributed by atoms with van der Waals surface area (Å²) in [6.07, 6.45) is 2.24. The third-order valence-electron chi connectivity index (χ3n) is 2.16. The first-order valence-electron chi connectivity index (χ1n) is 4.95. The van der Waals surface area contributed by atoms with E-state index in [4.69, 9.17) is 14.5 Å². The average molecular weight is 194 g/mol. The van der Waals surface area contributed by atoms with Crippen LogP contribution in [0.5, 0.6) is 11.5 Å². The van der Waals surface area contributed by atoms with E-state index >= 15 is 0 Å². The minimum Gasteiger partial charge on any atom is -0.494 e. The molecule has 1 heterocycles. The third-order valence-corrected chi connectivity index (χ3v) is 2.16. The zero-order chi connectivity index (χ0) is 9.80. The first kappa shape index (κ1) is 9.34. The fourth-order valence-corrected chi connectivity index (χ4v) is 1.33. The Morgan fingerprint density at radius 3 is 3.21 bits per heavy atom. The number of rotatable bonds is 4. The van der Waals surface area contributed by atoms with Gasteiger partial charge in [-0.25, -0.2) is 0 Å². The molecule has 0 aliphatic carbocycles. The van der Waals surface area contributed by atoms with Crippen molar-refractivity contribution in [3.8, 4) is 11.5 Å². The molecule has 0 bridgehead atoms. The lowest BCUT2D eigenvalue weighted by Gasteiger charge is -2.05. The fraction of sp³-hybridized carbons (Fsp3) is 0.455. The molecule has 1 aromatic carbocycles. The quantitative estimate of drug-likeness (QED) is 0.544. The molecule has 0 amide bonds. The highest BCUT2D eigenvalue weighted by Gasteiger charge is 2.13. The molecule has 1 aliphatic rings. The van der Waals surface area contributed by atoms with Gasteiger partial charge in [-0.05, 0) is 24.6 Å². The molecule has 3 heteroatoms. The van der Waals surface area contributed by atoms with Gasteiger partial charge < -0.3 is 9.62 Å². The summed E-state index contributed by atoms with van der Waals surface area (Å²) in [5.74, 6) is 1.69. The first-order chi connectivity index (χ1) is 6.90. The van der Waals surface area contributed by atoms with Crippen molar-refractivity contribution in [1.29, 1.82) is 0 Å². The van der Waals surface area contributed by atoms with Crippen molar-refractivity contribution >= 4 is 0 Å². The molecule has 0 spiro atoms. The van der Waals surface area contributed by atoms with Gasteiger partial charge in [-0.3, -0.25) is 0 Å². The van der Waals surface area contributed by atoms with Gasteiger partial charge in [-0.15, -0.1) is 0 Å². The van der Waals surface area contributed by atoms with E-state index in [2.05, 4.69) is 6.92 Å². The minimum absolute atomic E-state index is 0.514. The van der Waals surface area contributed by atoms with E-state index in [0.717, 1.165) is 36.5 Å². The average Bonchev–Trinajstić information content (AvgIpc) is 2.65. The predicted molar refractivity (Wildman–Crippen MR) is 52.3 cm³/mol. The van der Waals surface area contributed by atoms with Crippen LogP contribution in [0.2, 0.25) is 0 Å². The Morgan fingerprint density at radius 2 is 2.36 bits per heavy atom. The SMILES string of the molecule is CCCCOc1ccc2c(c1)COO2. The van der Waals surface area contributed by atoms with Crippen LogP contribution in [-0.2, 0) is 11.5 Å². The lowest BCUT2D eigenvalue weighted by molar-refractivity contribution is -0.194. The minimum atomic E-state index is 0.514. The molecule has 0 saturated heterocycles. The van der Waals surface area contributed by atoms with Crippen LogP contribution in [0.15, 0.2) is 18.2 Å². The highest BCUT2D eigenvalue weighted by Crippen LogP contribution is 2.29. The summed E-state index contributed by atoms with van der Waals surface area (Å²) in [6.45, 7) is 3.44. The second-order valence-electron chi connectivity index (χ2n) is 3.32. The molecule has 3 nitrogen and oxygen atoms in total. The molecular formula is C11H14O3. The Bertz CT molecular complexity index is 309. The van der Waals surface area contributed by atoms with E-state index in [9.17, 15) is 0 Å². The summed E-state index contributed by atoms with van der Waals surface area (Å²) < 4.78 is 5.56. The van der Waals surface area contributed by atoms with Gasteiger partial charge in [0.15, 0.2) is 5.75 Å². The van der Waals surface area contributed by atoms with Gasteiger partial charge >= 0.3 is 0 Å². The summed E-state index contributed by atoms with van der Waals surface area (Å²) >= 11 is 0. The second-order valence-corrected chi connectivity index (χ2v) is 3.32. The summed E-state index contributed by atoms with van der Waals surface area (Å²) in [7, 11) is 0. The number of benzene rings is 1. The number of hydrogen-bond acceptors (Lipinski definition) is 3. The number of fused-ring (bicyclic) bond motifs is 1. The molecule has 0 fully saturated rings. The standard InChI is InChI=1S/C11H14O3/c1-2-3-6-12-10-4-5-11-9(7-10)8-13-14-11/h4-5,7H,2-3,6,8H2,1H3. The van der Waals surface area contributed by atoms with Crippen molar-refractivity contribution in [2.24, 2.45) is 0 Å². The van der Waals surface area contributed by atoms with E-state index in [1.165, 1.54) is 0 Å². The molecule has 1 aliphatic heterocycles. The van der Waals surface area contributed by atoms with Crippen LogP contribution >= 0.6 is 0 Å². The highest BCUT2D eigenvalue weighted by molar-refractivity contribution is 5.40. The van der Waals surface area contributed by atoms with Crippen molar-refractivity contribution in [2.75, 3.05) is 6.61 Å². The topological polar surface area (TPSA) is 27.7 Å². The summed E-state index contributed by atoms with van der Waals surface area (Å²) in [5.41, 5.74) is 1.05. The smallest absolute Gasteiger partial charge is 0.171 e. The Kier molecular flexibility index (Phi) is 2.89. The summed E-state index contributed by atoms with van der Waals surface area (Å²) in [6, 6.07) is 5.75. The Balaban J connectivity index is 1.98. The summed E-state index contributed by atoms with van der Waals surface area (Å²) in [4.78, 5) is 9.76. The molecule has 0 saturated carbocycles. The molecule has 0 atom stereocenters. The first-order valence-corrected chi connectivity index (χ1v) is 4.95. The molecule has 0 unspecified atom stereocenters. The van der Waals surface area contributed by atoms with E-state index in [1.807, 2.05) is 18.2 Å². The maximum Gasteiger partial charge on any atom is 0.171 e. The largest absolute Gasteiger partial charge is 0.494 e. The summed E-state index contributed by atoms with van der Waals surface area (Å²) in [5, 5.41) is 0. The molecule has 0 radical (unpaired) electrons.